The minimum absolute atomic E-state index is 0.0752. The zero-order chi connectivity index (χ0) is 17.7. The molecule has 0 aliphatic carbocycles. The van der Waals surface area contributed by atoms with Gasteiger partial charge in [-0.3, -0.25) is 4.79 Å². The van der Waals surface area contributed by atoms with Crippen LogP contribution in [0.25, 0.3) is 0 Å². The summed E-state index contributed by atoms with van der Waals surface area (Å²) in [6.07, 6.45) is 0. The van der Waals surface area contributed by atoms with Crippen molar-refractivity contribution in [3.05, 3.63) is 40.4 Å². The quantitative estimate of drug-likeness (QED) is 0.718. The fourth-order valence-electron chi connectivity index (χ4n) is 2.41. The monoisotopic (exact) mass is 347 g/mol. The van der Waals surface area contributed by atoms with Gasteiger partial charge in [0.05, 0.1) is 7.05 Å². The van der Waals surface area contributed by atoms with Crippen molar-refractivity contribution in [3.8, 4) is 0 Å². The number of aromatic nitrogens is 1. The number of anilines is 2. The number of amides is 1. The Morgan fingerprint density at radius 1 is 1.29 bits per heavy atom. The third-order valence-corrected chi connectivity index (χ3v) is 4.51. The van der Waals surface area contributed by atoms with Crippen LogP contribution in [0.5, 0.6) is 0 Å². The zero-order valence-electron chi connectivity index (χ0n) is 15.1. The van der Waals surface area contributed by atoms with Gasteiger partial charge in [0.25, 0.3) is 5.91 Å². The summed E-state index contributed by atoms with van der Waals surface area (Å²) in [7, 11) is 2.01. The second-order valence-corrected chi connectivity index (χ2v) is 7.46. The Hall–Kier alpha value is -1.92. The molecule has 0 spiro atoms. The summed E-state index contributed by atoms with van der Waals surface area (Å²) < 4.78 is 0. The summed E-state index contributed by atoms with van der Waals surface area (Å²) in [5.41, 5.74) is 4.60. The van der Waals surface area contributed by atoms with Crippen LogP contribution >= 0.6 is 11.3 Å². The van der Waals surface area contributed by atoms with Crippen LogP contribution in [0.15, 0.2) is 23.6 Å². The highest BCUT2D eigenvalue weighted by atomic mass is 32.1. The van der Waals surface area contributed by atoms with Crippen LogP contribution in [0, 0.1) is 13.8 Å². The maximum atomic E-state index is 11.8. The number of rotatable bonds is 7. The molecule has 5 nitrogen and oxygen atoms in total. The number of nitrogens with one attached hydrogen (secondary N) is 3. The van der Waals surface area contributed by atoms with Gasteiger partial charge in [-0.1, -0.05) is 6.07 Å². The predicted molar refractivity (Wildman–Crippen MR) is 100 cm³/mol. The molecule has 0 saturated heterocycles. The van der Waals surface area contributed by atoms with E-state index in [1.54, 1.807) is 11.3 Å². The molecule has 1 aromatic carbocycles. The topological polar surface area (TPSA) is 58.5 Å². The van der Waals surface area contributed by atoms with E-state index < -0.39 is 0 Å². The lowest BCUT2D eigenvalue weighted by molar-refractivity contribution is -0.885. The van der Waals surface area contributed by atoms with E-state index in [2.05, 4.69) is 47.7 Å². The van der Waals surface area contributed by atoms with Crippen LogP contribution in [0.2, 0.25) is 0 Å². The zero-order valence-corrected chi connectivity index (χ0v) is 15.9. The molecule has 1 aromatic heterocycles. The maximum absolute atomic E-state index is 11.8. The summed E-state index contributed by atoms with van der Waals surface area (Å²) in [5.74, 6) is 0.0752. The van der Waals surface area contributed by atoms with Crippen LogP contribution in [0.4, 0.5) is 10.8 Å². The van der Waals surface area contributed by atoms with Gasteiger partial charge in [-0.25, -0.2) is 4.98 Å². The minimum atomic E-state index is 0.0752. The Bertz CT molecular complexity index is 696. The Balaban J connectivity index is 1.90. The molecule has 1 atom stereocenters. The molecule has 24 heavy (non-hydrogen) atoms. The van der Waals surface area contributed by atoms with Crippen molar-refractivity contribution in [2.24, 2.45) is 0 Å². The van der Waals surface area contributed by atoms with Crippen LogP contribution in [0.1, 0.15) is 30.7 Å². The third kappa shape index (κ3) is 5.62. The number of nitrogens with zero attached hydrogens (tertiary/aromatic N) is 1. The molecule has 0 aliphatic rings. The molecule has 0 radical (unpaired) electrons. The SMILES string of the molecule is Cc1ccc(Nc2nc(C[NH+](C)CC(=O)NC(C)C)cs2)cc1C. The molecule has 2 aromatic rings. The lowest BCUT2D eigenvalue weighted by Crippen LogP contribution is -3.09. The standard InChI is InChI=1S/C18H26N4OS/c1-12(2)19-17(23)10-22(5)9-16-11-24-18(21-16)20-15-7-6-13(3)14(4)8-15/h6-8,11-12H,9-10H2,1-5H3,(H,19,23)(H,20,21)/p+1. The van der Waals surface area contributed by atoms with Crippen molar-refractivity contribution in [3.63, 3.8) is 0 Å². The van der Waals surface area contributed by atoms with Crippen LogP contribution < -0.4 is 15.5 Å². The van der Waals surface area contributed by atoms with E-state index in [0.29, 0.717) is 6.54 Å². The van der Waals surface area contributed by atoms with Gasteiger partial charge in [-0.15, -0.1) is 11.3 Å². The van der Waals surface area contributed by atoms with E-state index in [4.69, 9.17) is 0 Å². The van der Waals surface area contributed by atoms with E-state index in [9.17, 15) is 4.79 Å². The summed E-state index contributed by atoms with van der Waals surface area (Å²) in [4.78, 5) is 17.5. The van der Waals surface area contributed by atoms with Gasteiger partial charge < -0.3 is 15.5 Å². The number of carbonyl (C=O) groups excluding carboxylic acids is 1. The lowest BCUT2D eigenvalue weighted by Gasteiger charge is -2.14. The molecule has 0 fully saturated rings. The molecular formula is C18H27N4OS+. The van der Waals surface area contributed by atoms with E-state index in [0.717, 1.165) is 28.0 Å². The number of carbonyl (C=O) groups is 1. The number of hydrogen-bond donors (Lipinski definition) is 3. The first-order valence-corrected chi connectivity index (χ1v) is 9.11. The number of benzene rings is 1. The molecule has 1 unspecified atom stereocenters. The molecule has 0 bridgehead atoms. The summed E-state index contributed by atoms with van der Waals surface area (Å²) >= 11 is 1.59. The van der Waals surface area contributed by atoms with Gasteiger partial charge in [-0.05, 0) is 51.0 Å². The fraction of sp³-hybridized carbons (Fsp3) is 0.444. The molecular weight excluding hydrogens is 320 g/mol. The Morgan fingerprint density at radius 2 is 2.04 bits per heavy atom. The van der Waals surface area contributed by atoms with Crippen LogP contribution in [0.3, 0.4) is 0 Å². The highest BCUT2D eigenvalue weighted by molar-refractivity contribution is 7.13. The van der Waals surface area contributed by atoms with Crippen molar-refractivity contribution in [2.75, 3.05) is 18.9 Å². The minimum Gasteiger partial charge on any atom is -0.349 e. The molecule has 130 valence electrons. The summed E-state index contributed by atoms with van der Waals surface area (Å²) in [5, 5.41) is 9.20. The average Bonchev–Trinajstić information content (AvgIpc) is 2.88. The summed E-state index contributed by atoms with van der Waals surface area (Å²) in [6, 6.07) is 6.48. The van der Waals surface area contributed by atoms with Crippen molar-refractivity contribution in [2.45, 2.75) is 40.3 Å². The van der Waals surface area contributed by atoms with Crippen molar-refractivity contribution < 1.29 is 9.69 Å². The highest BCUT2D eigenvalue weighted by Crippen LogP contribution is 2.22. The first-order valence-electron chi connectivity index (χ1n) is 8.23. The van der Waals surface area contributed by atoms with Gasteiger partial charge in [0.1, 0.15) is 12.2 Å². The van der Waals surface area contributed by atoms with Gasteiger partial charge in [-0.2, -0.15) is 0 Å². The Kier molecular flexibility index (Phi) is 6.34. The number of likely N-dealkylation sites (N-methyl/N-ethyl adjacent to an activating group) is 1. The first-order chi connectivity index (χ1) is 11.3. The van der Waals surface area contributed by atoms with Gasteiger partial charge >= 0.3 is 0 Å². The average molecular weight is 348 g/mol. The van der Waals surface area contributed by atoms with Gasteiger partial charge in [0.15, 0.2) is 11.7 Å². The lowest BCUT2D eigenvalue weighted by atomic mass is 10.1. The van der Waals surface area contributed by atoms with Crippen molar-refractivity contribution in [1.29, 1.82) is 0 Å². The Labute approximate surface area is 148 Å². The normalized spacial score (nSPS) is 12.2. The number of thiazole rings is 1. The predicted octanol–water partition coefficient (Wildman–Crippen LogP) is 2.04. The molecule has 2 rings (SSSR count). The van der Waals surface area contributed by atoms with Crippen LogP contribution in [-0.4, -0.2) is 30.5 Å². The Morgan fingerprint density at radius 3 is 2.71 bits per heavy atom. The number of aryl methyl sites for hydroxylation is 2. The second-order valence-electron chi connectivity index (χ2n) is 6.60. The highest BCUT2D eigenvalue weighted by Gasteiger charge is 2.13. The summed E-state index contributed by atoms with van der Waals surface area (Å²) in [6.45, 7) is 9.34. The smallest absolute Gasteiger partial charge is 0.275 e. The molecule has 0 aliphatic heterocycles. The maximum Gasteiger partial charge on any atom is 0.275 e. The molecule has 1 heterocycles. The van der Waals surface area contributed by atoms with E-state index in [1.807, 2.05) is 26.3 Å². The van der Waals surface area contributed by atoms with Crippen molar-refractivity contribution >= 4 is 28.1 Å². The van der Waals surface area contributed by atoms with Gasteiger partial charge in [0, 0.05) is 17.1 Å². The number of quaternary nitrogens is 1. The van der Waals surface area contributed by atoms with E-state index >= 15 is 0 Å². The molecule has 0 saturated carbocycles. The third-order valence-electron chi connectivity index (χ3n) is 3.70. The molecule has 3 N–H and O–H groups in total. The van der Waals surface area contributed by atoms with Gasteiger partial charge in [0.2, 0.25) is 0 Å². The first kappa shape index (κ1) is 18.4. The molecule has 1 amide bonds. The number of hydrogen-bond acceptors (Lipinski definition) is 4. The van der Waals surface area contributed by atoms with Crippen molar-refractivity contribution in [1.82, 2.24) is 10.3 Å². The van der Waals surface area contributed by atoms with E-state index in [1.165, 1.54) is 11.1 Å². The largest absolute Gasteiger partial charge is 0.349 e. The van der Waals surface area contributed by atoms with E-state index in [-0.39, 0.29) is 11.9 Å². The fourth-order valence-corrected chi connectivity index (χ4v) is 3.14. The molecule has 6 heteroatoms. The van der Waals surface area contributed by atoms with Crippen LogP contribution in [-0.2, 0) is 11.3 Å². The second kappa shape index (κ2) is 8.26.